The Morgan fingerprint density at radius 2 is 1.70 bits per heavy atom. The Labute approximate surface area is 216 Å². The number of hydrogen-bond acceptors (Lipinski definition) is 7. The van der Waals surface area contributed by atoms with Gasteiger partial charge >= 0.3 is 0 Å². The molecule has 0 bridgehead atoms. The van der Waals surface area contributed by atoms with E-state index in [0.29, 0.717) is 47.4 Å². The molecule has 9 heteroatoms. The Morgan fingerprint density at radius 1 is 0.973 bits per heavy atom. The molecule has 0 spiro atoms. The summed E-state index contributed by atoms with van der Waals surface area (Å²) in [6, 6.07) is 10.5. The summed E-state index contributed by atoms with van der Waals surface area (Å²) in [5.74, 6) is 2.62. The molecule has 2 aromatic heterocycles. The minimum Gasteiger partial charge on any atom is -0.493 e. The van der Waals surface area contributed by atoms with Crippen molar-refractivity contribution < 1.29 is 18.6 Å². The van der Waals surface area contributed by atoms with Gasteiger partial charge in [0.2, 0.25) is 5.75 Å². The molecule has 0 unspecified atom stereocenters. The van der Waals surface area contributed by atoms with Gasteiger partial charge in [0.25, 0.3) is 0 Å². The van der Waals surface area contributed by atoms with E-state index < -0.39 is 0 Å². The van der Waals surface area contributed by atoms with E-state index in [4.69, 9.17) is 24.2 Å². The monoisotopic (exact) mass is 505 g/mol. The number of benzene rings is 2. The number of fused-ring (bicyclic) bond motifs is 1. The Kier molecular flexibility index (Phi) is 8.22. The number of anilines is 1. The second-order valence-corrected chi connectivity index (χ2v) is 8.51. The maximum atomic E-state index is 14.1. The smallest absolute Gasteiger partial charge is 0.203 e. The van der Waals surface area contributed by atoms with Gasteiger partial charge in [-0.25, -0.2) is 14.4 Å². The molecule has 0 saturated carbocycles. The van der Waals surface area contributed by atoms with Crippen LogP contribution in [0.4, 0.5) is 10.2 Å². The third kappa shape index (κ3) is 5.66. The third-order valence-electron chi connectivity index (χ3n) is 6.01. The fraction of sp³-hybridized carbons (Fsp3) is 0.321. The molecule has 4 aromatic rings. The van der Waals surface area contributed by atoms with Gasteiger partial charge in [-0.1, -0.05) is 37.6 Å². The summed E-state index contributed by atoms with van der Waals surface area (Å²) in [5, 5.41) is 8.07. The summed E-state index contributed by atoms with van der Waals surface area (Å²) in [6.07, 6.45) is 6.01. The number of nitrogens with zero attached hydrogens (tertiary/aromatic N) is 4. The molecular formula is C28H32FN5O3. The highest BCUT2D eigenvalue weighted by Gasteiger charge is 2.17. The van der Waals surface area contributed by atoms with Crippen molar-refractivity contribution in [2.75, 3.05) is 33.2 Å². The van der Waals surface area contributed by atoms with Crippen molar-refractivity contribution in [2.24, 2.45) is 7.05 Å². The molecule has 8 nitrogen and oxygen atoms in total. The molecule has 1 N–H and O–H groups in total. The van der Waals surface area contributed by atoms with Gasteiger partial charge in [-0.05, 0) is 48.2 Å². The Morgan fingerprint density at radius 3 is 2.35 bits per heavy atom. The maximum Gasteiger partial charge on any atom is 0.203 e. The number of aryl methyl sites for hydroxylation is 2. The third-order valence-corrected chi connectivity index (χ3v) is 6.01. The van der Waals surface area contributed by atoms with E-state index in [0.717, 1.165) is 35.1 Å². The predicted octanol–water partition coefficient (Wildman–Crippen LogP) is 5.31. The molecule has 0 fully saturated rings. The summed E-state index contributed by atoms with van der Waals surface area (Å²) in [7, 11) is 6.62. The lowest BCUT2D eigenvalue weighted by Crippen LogP contribution is -2.10. The molecule has 4 rings (SSSR count). The molecule has 0 aliphatic rings. The fourth-order valence-corrected chi connectivity index (χ4v) is 4.25. The van der Waals surface area contributed by atoms with Crippen LogP contribution < -0.4 is 19.5 Å². The van der Waals surface area contributed by atoms with Crippen molar-refractivity contribution in [1.82, 2.24) is 19.7 Å². The number of nitrogens with one attached hydrogen (secondary N) is 1. The Bertz CT molecular complexity index is 1390. The van der Waals surface area contributed by atoms with Crippen LogP contribution in [0.1, 0.15) is 36.0 Å². The average Bonchev–Trinajstić information content (AvgIpc) is 3.22. The molecule has 0 aliphatic carbocycles. The quantitative estimate of drug-likeness (QED) is 0.296. The zero-order chi connectivity index (χ0) is 26.4. The summed E-state index contributed by atoms with van der Waals surface area (Å²) in [4.78, 5) is 9.59. The summed E-state index contributed by atoms with van der Waals surface area (Å²) in [5.41, 5.74) is 4.04. The molecule has 0 amide bonds. The van der Waals surface area contributed by atoms with Gasteiger partial charge < -0.3 is 19.5 Å². The van der Waals surface area contributed by atoms with Crippen LogP contribution in [0.25, 0.3) is 23.2 Å². The first-order chi connectivity index (χ1) is 18.0. The second kappa shape index (κ2) is 11.7. The van der Waals surface area contributed by atoms with E-state index in [1.807, 2.05) is 37.4 Å². The lowest BCUT2D eigenvalue weighted by molar-refractivity contribution is 0.324. The van der Waals surface area contributed by atoms with Crippen LogP contribution in [-0.2, 0) is 19.9 Å². The van der Waals surface area contributed by atoms with Crippen LogP contribution in [0.3, 0.4) is 0 Å². The van der Waals surface area contributed by atoms with E-state index in [2.05, 4.69) is 17.3 Å². The molecule has 2 aromatic carbocycles. The van der Waals surface area contributed by atoms with Crippen LogP contribution in [0.2, 0.25) is 0 Å². The lowest BCUT2D eigenvalue weighted by Gasteiger charge is -2.13. The molecule has 0 saturated heterocycles. The van der Waals surface area contributed by atoms with Crippen molar-refractivity contribution in [3.05, 3.63) is 64.9 Å². The lowest BCUT2D eigenvalue weighted by atomic mass is 10.1. The van der Waals surface area contributed by atoms with Gasteiger partial charge in [-0.15, -0.1) is 0 Å². The highest BCUT2D eigenvalue weighted by molar-refractivity contribution is 5.89. The molecule has 0 atom stereocenters. The van der Waals surface area contributed by atoms with Crippen molar-refractivity contribution in [3.8, 4) is 17.2 Å². The van der Waals surface area contributed by atoms with Crippen molar-refractivity contribution in [1.29, 1.82) is 0 Å². The first-order valence-electron chi connectivity index (χ1n) is 12.2. The van der Waals surface area contributed by atoms with Gasteiger partial charge in [0.05, 0.1) is 27.0 Å². The first-order valence-corrected chi connectivity index (χ1v) is 12.2. The minimum atomic E-state index is -0.211. The Hall–Kier alpha value is -4.14. The maximum absolute atomic E-state index is 14.1. The number of halogens is 1. The number of ether oxygens (including phenoxy) is 3. The molecule has 194 valence electrons. The van der Waals surface area contributed by atoms with E-state index in [1.165, 1.54) is 6.07 Å². The fourth-order valence-electron chi connectivity index (χ4n) is 4.25. The van der Waals surface area contributed by atoms with Crippen molar-refractivity contribution in [2.45, 2.75) is 26.2 Å². The number of methoxy groups -OCH3 is 3. The number of rotatable bonds is 11. The summed E-state index contributed by atoms with van der Waals surface area (Å²) < 4.78 is 32.2. The van der Waals surface area contributed by atoms with Gasteiger partial charge in [0, 0.05) is 13.6 Å². The van der Waals surface area contributed by atoms with Crippen LogP contribution in [0.15, 0.2) is 36.4 Å². The first kappa shape index (κ1) is 25.9. The highest BCUT2D eigenvalue weighted by atomic mass is 19.1. The predicted molar refractivity (Wildman–Crippen MR) is 144 cm³/mol. The van der Waals surface area contributed by atoms with Gasteiger partial charge in [-0.2, -0.15) is 5.10 Å². The number of aromatic nitrogens is 4. The van der Waals surface area contributed by atoms with E-state index >= 15 is 0 Å². The molecule has 0 aliphatic heterocycles. The summed E-state index contributed by atoms with van der Waals surface area (Å²) in [6.45, 7) is 2.62. The van der Waals surface area contributed by atoms with Crippen LogP contribution in [0, 0.1) is 5.82 Å². The second-order valence-electron chi connectivity index (χ2n) is 8.51. The van der Waals surface area contributed by atoms with Gasteiger partial charge in [0.15, 0.2) is 23.1 Å². The largest absolute Gasteiger partial charge is 0.493 e. The van der Waals surface area contributed by atoms with E-state index in [9.17, 15) is 4.39 Å². The zero-order valence-corrected chi connectivity index (χ0v) is 21.8. The topological polar surface area (TPSA) is 83.3 Å². The normalized spacial score (nSPS) is 11.3. The molecule has 2 heterocycles. The van der Waals surface area contributed by atoms with E-state index in [1.54, 1.807) is 38.1 Å². The SMILES string of the molecule is CCCc1nn(C)c2c(NCCc3ccccc3F)nc(C=Cc3cc(OC)c(OC)c(OC)c3)nc12. The standard InChI is InChI=1S/C28H32FN5O3/c1-6-9-21-25-26(34(2)33-21)28(30-15-14-19-10-7-8-11-20(19)29)32-24(31-25)13-12-18-16-22(35-3)27(37-5)23(17-18)36-4/h7-8,10-13,16-17H,6,9,14-15H2,1-5H3,(H,30,31,32). The highest BCUT2D eigenvalue weighted by Crippen LogP contribution is 2.38. The molecular weight excluding hydrogens is 473 g/mol. The zero-order valence-electron chi connectivity index (χ0n) is 21.8. The van der Waals surface area contributed by atoms with Crippen molar-refractivity contribution >= 4 is 29.0 Å². The molecule has 37 heavy (non-hydrogen) atoms. The number of hydrogen-bond donors (Lipinski definition) is 1. The minimum absolute atomic E-state index is 0.211. The Balaban J connectivity index is 1.69. The van der Waals surface area contributed by atoms with Crippen LogP contribution >= 0.6 is 0 Å². The van der Waals surface area contributed by atoms with Crippen molar-refractivity contribution in [3.63, 3.8) is 0 Å². The average molecular weight is 506 g/mol. The summed E-state index contributed by atoms with van der Waals surface area (Å²) >= 11 is 0. The van der Waals surface area contributed by atoms with Gasteiger partial charge in [0.1, 0.15) is 16.9 Å². The van der Waals surface area contributed by atoms with Gasteiger partial charge in [-0.3, -0.25) is 4.68 Å². The van der Waals surface area contributed by atoms with Crippen LogP contribution in [-0.4, -0.2) is 47.6 Å². The van der Waals surface area contributed by atoms with E-state index in [-0.39, 0.29) is 5.82 Å². The molecule has 0 radical (unpaired) electrons. The van der Waals surface area contributed by atoms with Crippen LogP contribution in [0.5, 0.6) is 17.2 Å².